The third kappa shape index (κ3) is 4.37. The van der Waals surface area contributed by atoms with Gasteiger partial charge in [-0.15, -0.1) is 0 Å². The van der Waals surface area contributed by atoms with Gasteiger partial charge in [0.2, 0.25) is 10.0 Å². The van der Waals surface area contributed by atoms with E-state index in [9.17, 15) is 18.0 Å². The molecule has 0 saturated carbocycles. The van der Waals surface area contributed by atoms with Gasteiger partial charge in [-0.1, -0.05) is 18.2 Å². The molecule has 0 aliphatic carbocycles. The maximum atomic E-state index is 12.2. The molecule has 2 aromatic rings. The number of carboxylic acid groups (broad SMARTS) is 2. The summed E-state index contributed by atoms with van der Waals surface area (Å²) in [4.78, 5) is 25.4. The Balaban J connectivity index is 2.23. The summed E-state index contributed by atoms with van der Waals surface area (Å²) in [7, 11) is -4.16. The summed E-state index contributed by atoms with van der Waals surface area (Å²) in [6, 6.07) is 7.53. The maximum Gasteiger partial charge on any atom is 0.322 e. The van der Waals surface area contributed by atoms with E-state index in [1.165, 1.54) is 12.1 Å². The Kier molecular flexibility index (Phi) is 5.27. The number of pyridine rings is 1. The molecule has 0 aliphatic heterocycles. The molecule has 1 unspecified atom stereocenters. The normalized spacial score (nSPS) is 12.5. The molecular weight excluding hydrogens is 336 g/mol. The molecule has 1 heterocycles. The van der Waals surface area contributed by atoms with Crippen LogP contribution in [0.2, 0.25) is 0 Å². The number of rotatable bonds is 7. The number of nitrogens with one attached hydrogen (secondary N) is 1. The van der Waals surface area contributed by atoms with Crippen LogP contribution in [0.25, 0.3) is 11.1 Å². The number of hydrogen-bond donors (Lipinski definition) is 3. The highest BCUT2D eigenvalue weighted by Crippen LogP contribution is 2.20. The van der Waals surface area contributed by atoms with E-state index < -0.39 is 34.4 Å². The molecule has 0 saturated heterocycles. The molecule has 9 heteroatoms. The highest BCUT2D eigenvalue weighted by atomic mass is 32.2. The van der Waals surface area contributed by atoms with Gasteiger partial charge in [0.05, 0.1) is 11.3 Å². The highest BCUT2D eigenvalue weighted by Gasteiger charge is 2.27. The van der Waals surface area contributed by atoms with Crippen LogP contribution in [-0.4, -0.2) is 41.6 Å². The monoisotopic (exact) mass is 350 g/mol. The first-order valence-corrected chi connectivity index (χ1v) is 8.25. The fourth-order valence-electron chi connectivity index (χ4n) is 1.97. The highest BCUT2D eigenvalue weighted by molar-refractivity contribution is 7.89. The van der Waals surface area contributed by atoms with Crippen LogP contribution in [0.3, 0.4) is 0 Å². The average molecular weight is 350 g/mol. The molecule has 1 atom stereocenters. The molecule has 0 aliphatic rings. The van der Waals surface area contributed by atoms with E-state index in [1.807, 2.05) is 10.8 Å². The van der Waals surface area contributed by atoms with Gasteiger partial charge >= 0.3 is 11.9 Å². The van der Waals surface area contributed by atoms with Gasteiger partial charge < -0.3 is 10.2 Å². The number of carbonyl (C=O) groups is 2. The summed E-state index contributed by atoms with van der Waals surface area (Å²) in [5.74, 6) is -2.98. The van der Waals surface area contributed by atoms with Crippen LogP contribution in [0.15, 0.2) is 53.7 Å². The fraction of sp³-hybridized carbons (Fsp3) is 0.133. The number of carboxylic acids is 2. The van der Waals surface area contributed by atoms with E-state index in [0.717, 1.165) is 11.1 Å². The Morgan fingerprint density at radius 3 is 2.25 bits per heavy atom. The first-order chi connectivity index (χ1) is 11.3. The summed E-state index contributed by atoms with van der Waals surface area (Å²) in [5.41, 5.74) is 1.53. The van der Waals surface area contributed by atoms with E-state index in [0.29, 0.717) is 0 Å². The first kappa shape index (κ1) is 17.6. The Labute approximate surface area is 137 Å². The van der Waals surface area contributed by atoms with Gasteiger partial charge in [-0.05, 0) is 29.3 Å². The van der Waals surface area contributed by atoms with Gasteiger partial charge in [0, 0.05) is 12.4 Å². The predicted molar refractivity (Wildman–Crippen MR) is 83.7 cm³/mol. The van der Waals surface area contributed by atoms with Crippen LogP contribution < -0.4 is 4.72 Å². The van der Waals surface area contributed by atoms with Crippen molar-refractivity contribution in [1.29, 1.82) is 0 Å². The largest absolute Gasteiger partial charge is 0.481 e. The first-order valence-electron chi connectivity index (χ1n) is 6.77. The van der Waals surface area contributed by atoms with Crippen molar-refractivity contribution in [2.24, 2.45) is 0 Å². The number of hydrogen-bond acceptors (Lipinski definition) is 5. The molecule has 0 spiro atoms. The molecule has 1 aromatic heterocycles. The maximum absolute atomic E-state index is 12.2. The van der Waals surface area contributed by atoms with Crippen molar-refractivity contribution in [3.63, 3.8) is 0 Å². The molecule has 0 amide bonds. The summed E-state index contributed by atoms with van der Waals surface area (Å²) < 4.78 is 26.3. The van der Waals surface area contributed by atoms with Gasteiger partial charge in [0.15, 0.2) is 0 Å². The van der Waals surface area contributed by atoms with Crippen LogP contribution in [-0.2, 0) is 19.6 Å². The lowest BCUT2D eigenvalue weighted by Crippen LogP contribution is -2.42. The minimum Gasteiger partial charge on any atom is -0.481 e. The Bertz CT molecular complexity index is 834. The van der Waals surface area contributed by atoms with E-state index in [2.05, 4.69) is 4.98 Å². The molecule has 126 valence electrons. The summed E-state index contributed by atoms with van der Waals surface area (Å²) in [6.07, 6.45) is 2.37. The fourth-order valence-corrected chi connectivity index (χ4v) is 3.16. The average Bonchev–Trinajstić information content (AvgIpc) is 2.54. The van der Waals surface area contributed by atoms with Crippen molar-refractivity contribution >= 4 is 22.0 Å². The Morgan fingerprint density at radius 1 is 1.08 bits per heavy atom. The zero-order valence-corrected chi connectivity index (χ0v) is 13.1. The number of aliphatic carboxylic acids is 2. The van der Waals surface area contributed by atoms with Crippen molar-refractivity contribution in [3.8, 4) is 11.1 Å². The summed E-state index contributed by atoms with van der Waals surface area (Å²) >= 11 is 0. The topological polar surface area (TPSA) is 134 Å². The van der Waals surface area contributed by atoms with Crippen molar-refractivity contribution in [3.05, 3.63) is 48.8 Å². The molecule has 0 fully saturated rings. The predicted octanol–water partition coefficient (Wildman–Crippen LogP) is 0.955. The molecule has 2 rings (SSSR count). The summed E-state index contributed by atoms with van der Waals surface area (Å²) in [5, 5.41) is 17.6. The molecule has 24 heavy (non-hydrogen) atoms. The van der Waals surface area contributed by atoms with Crippen molar-refractivity contribution in [2.45, 2.75) is 17.4 Å². The van der Waals surface area contributed by atoms with E-state index in [-0.39, 0.29) is 4.90 Å². The van der Waals surface area contributed by atoms with E-state index in [1.54, 1.807) is 30.6 Å². The minimum atomic E-state index is -4.16. The zero-order chi connectivity index (χ0) is 17.7. The number of nitrogens with zero attached hydrogens (tertiary/aromatic N) is 1. The van der Waals surface area contributed by atoms with Crippen LogP contribution in [0.1, 0.15) is 6.42 Å². The second-order valence-corrected chi connectivity index (χ2v) is 6.59. The van der Waals surface area contributed by atoms with Crippen LogP contribution in [0.4, 0.5) is 0 Å². The lowest BCUT2D eigenvalue weighted by molar-refractivity contribution is -0.145. The molecule has 3 N–H and O–H groups in total. The second kappa shape index (κ2) is 7.20. The minimum absolute atomic E-state index is 0.160. The third-order valence-corrected chi connectivity index (χ3v) is 4.62. The number of benzene rings is 1. The number of sulfonamides is 1. The van der Waals surface area contributed by atoms with Crippen molar-refractivity contribution < 1.29 is 28.2 Å². The van der Waals surface area contributed by atoms with Crippen molar-refractivity contribution in [2.75, 3.05) is 0 Å². The molecule has 8 nitrogen and oxygen atoms in total. The Morgan fingerprint density at radius 2 is 1.75 bits per heavy atom. The third-order valence-electron chi connectivity index (χ3n) is 3.13. The SMILES string of the molecule is O=C(O)CC(NS(=O)(=O)c1ccc(-c2cccnc2)cc1)C(=O)O. The molecule has 1 aromatic carbocycles. The molecule has 0 radical (unpaired) electrons. The lowest BCUT2D eigenvalue weighted by Gasteiger charge is -2.13. The molecular formula is C15H14N2O6S. The van der Waals surface area contributed by atoms with Crippen LogP contribution >= 0.6 is 0 Å². The number of aromatic nitrogens is 1. The Hall–Kier alpha value is -2.78. The van der Waals surface area contributed by atoms with Gasteiger partial charge in [-0.25, -0.2) is 8.42 Å². The van der Waals surface area contributed by atoms with E-state index >= 15 is 0 Å². The van der Waals surface area contributed by atoms with Crippen molar-refractivity contribution in [1.82, 2.24) is 9.71 Å². The standard InChI is InChI=1S/C15H14N2O6S/c18-14(19)8-13(15(20)21)17-24(22,23)12-5-3-10(4-6-12)11-2-1-7-16-9-11/h1-7,9,13,17H,8H2,(H,18,19)(H,20,21). The van der Waals surface area contributed by atoms with Gasteiger partial charge in [0.25, 0.3) is 0 Å². The second-order valence-electron chi connectivity index (χ2n) is 4.88. The molecule has 0 bridgehead atoms. The zero-order valence-electron chi connectivity index (χ0n) is 12.3. The van der Waals surface area contributed by atoms with E-state index in [4.69, 9.17) is 10.2 Å². The van der Waals surface area contributed by atoms with Gasteiger partial charge in [-0.2, -0.15) is 4.72 Å². The lowest BCUT2D eigenvalue weighted by atomic mass is 10.1. The van der Waals surface area contributed by atoms with Crippen LogP contribution in [0.5, 0.6) is 0 Å². The van der Waals surface area contributed by atoms with Gasteiger partial charge in [-0.3, -0.25) is 14.6 Å². The quantitative estimate of drug-likeness (QED) is 0.677. The smallest absolute Gasteiger partial charge is 0.322 e. The summed E-state index contributed by atoms with van der Waals surface area (Å²) in [6.45, 7) is 0. The van der Waals surface area contributed by atoms with Crippen LogP contribution in [0, 0.1) is 0 Å². The van der Waals surface area contributed by atoms with Gasteiger partial charge in [0.1, 0.15) is 6.04 Å².